The van der Waals surface area contributed by atoms with Crippen LogP contribution in [0.2, 0.25) is 0 Å². The number of benzene rings is 1. The van der Waals surface area contributed by atoms with Gasteiger partial charge in [0.05, 0.1) is 35.5 Å². The first kappa shape index (κ1) is 19.4. The minimum absolute atomic E-state index is 0.107. The van der Waals surface area contributed by atoms with E-state index in [0.717, 1.165) is 22.7 Å². The van der Waals surface area contributed by atoms with Crippen LogP contribution >= 0.6 is 23.1 Å². The fourth-order valence-electron chi connectivity index (χ4n) is 2.56. The van der Waals surface area contributed by atoms with Gasteiger partial charge in [-0.2, -0.15) is 0 Å². The van der Waals surface area contributed by atoms with Crippen LogP contribution in [0.3, 0.4) is 0 Å². The summed E-state index contributed by atoms with van der Waals surface area (Å²) < 4.78 is 6.99. The van der Waals surface area contributed by atoms with Gasteiger partial charge in [0, 0.05) is 11.9 Å². The van der Waals surface area contributed by atoms with Gasteiger partial charge in [0.2, 0.25) is 5.91 Å². The van der Waals surface area contributed by atoms with Crippen LogP contribution in [0.1, 0.15) is 19.5 Å². The lowest BCUT2D eigenvalue weighted by Gasteiger charge is -2.05. The number of carbonyl (C=O) groups excluding carboxylic acids is 2. The molecule has 1 amide bonds. The molecule has 0 spiro atoms. The van der Waals surface area contributed by atoms with Crippen molar-refractivity contribution >= 4 is 51.1 Å². The number of aryl methyl sites for hydroxylation is 1. The number of fused-ring (bicyclic) bond motifs is 1. The third kappa shape index (κ3) is 4.86. The Bertz CT molecular complexity index is 951. The van der Waals surface area contributed by atoms with Gasteiger partial charge in [-0.3, -0.25) is 9.59 Å². The highest BCUT2D eigenvalue weighted by Crippen LogP contribution is 2.24. The van der Waals surface area contributed by atoms with Crippen LogP contribution in [0.15, 0.2) is 34.8 Å². The molecule has 7 nitrogen and oxygen atoms in total. The summed E-state index contributed by atoms with van der Waals surface area (Å²) in [6.45, 7) is 4.94. The van der Waals surface area contributed by atoms with Crippen LogP contribution in [0, 0.1) is 0 Å². The Morgan fingerprint density at radius 2 is 2.07 bits per heavy atom. The minimum atomic E-state index is -0.324. The van der Waals surface area contributed by atoms with E-state index < -0.39 is 0 Å². The predicted octanol–water partition coefficient (Wildman–Crippen LogP) is 3.35. The first-order chi connectivity index (χ1) is 13.1. The Morgan fingerprint density at radius 3 is 2.85 bits per heavy atom. The summed E-state index contributed by atoms with van der Waals surface area (Å²) in [4.78, 5) is 32.6. The Morgan fingerprint density at radius 1 is 1.26 bits per heavy atom. The van der Waals surface area contributed by atoms with Crippen LogP contribution in [0.4, 0.5) is 5.13 Å². The zero-order valence-electron chi connectivity index (χ0n) is 15.1. The van der Waals surface area contributed by atoms with Crippen LogP contribution < -0.4 is 5.32 Å². The molecular weight excluding hydrogens is 384 g/mol. The Hall–Kier alpha value is -2.39. The third-order valence-electron chi connectivity index (χ3n) is 3.70. The molecule has 0 saturated heterocycles. The smallest absolute Gasteiger partial charge is 0.311 e. The molecule has 0 aliphatic carbocycles. The molecule has 9 heteroatoms. The maximum absolute atomic E-state index is 12.2. The zero-order chi connectivity index (χ0) is 19.2. The number of esters is 1. The SMILES string of the molecule is CCOC(=O)Cc1csc(NC(=O)CSc2nc3ccccc3n2CC)n1. The monoisotopic (exact) mass is 404 g/mol. The van der Waals surface area contributed by atoms with E-state index >= 15 is 0 Å². The molecule has 0 saturated carbocycles. The fraction of sp³-hybridized carbons (Fsp3) is 0.333. The van der Waals surface area contributed by atoms with Gasteiger partial charge in [0.15, 0.2) is 10.3 Å². The number of amides is 1. The lowest BCUT2D eigenvalue weighted by molar-refractivity contribution is -0.142. The second-order valence-electron chi connectivity index (χ2n) is 5.59. The number of imidazole rings is 1. The molecule has 3 aromatic rings. The molecule has 0 atom stereocenters. The maximum Gasteiger partial charge on any atom is 0.311 e. The highest BCUT2D eigenvalue weighted by Gasteiger charge is 2.14. The Labute approximate surface area is 165 Å². The largest absolute Gasteiger partial charge is 0.466 e. The molecule has 0 radical (unpaired) electrons. The molecule has 0 aliphatic rings. The van der Waals surface area contributed by atoms with Crippen LogP contribution in [0.25, 0.3) is 11.0 Å². The molecule has 2 heterocycles. The Balaban J connectivity index is 1.57. The summed E-state index contributed by atoms with van der Waals surface area (Å²) in [6.07, 6.45) is 0.107. The molecule has 0 bridgehead atoms. The number of rotatable bonds is 8. The number of hydrogen-bond donors (Lipinski definition) is 1. The highest BCUT2D eigenvalue weighted by atomic mass is 32.2. The van der Waals surface area contributed by atoms with Gasteiger partial charge in [0.25, 0.3) is 0 Å². The van der Waals surface area contributed by atoms with Crippen molar-refractivity contribution in [1.29, 1.82) is 0 Å². The number of anilines is 1. The number of hydrogen-bond acceptors (Lipinski definition) is 7. The predicted molar refractivity (Wildman–Crippen MR) is 107 cm³/mol. The molecule has 27 heavy (non-hydrogen) atoms. The van der Waals surface area contributed by atoms with Gasteiger partial charge in [-0.05, 0) is 26.0 Å². The molecule has 2 aromatic heterocycles. The molecule has 0 fully saturated rings. The third-order valence-corrected chi connectivity index (χ3v) is 5.48. The summed E-state index contributed by atoms with van der Waals surface area (Å²) in [5, 5.41) is 5.81. The normalized spacial score (nSPS) is 10.9. The van der Waals surface area contributed by atoms with E-state index in [0.29, 0.717) is 17.4 Å². The summed E-state index contributed by atoms with van der Waals surface area (Å²) in [5.41, 5.74) is 2.58. The van der Waals surface area contributed by atoms with Gasteiger partial charge in [0.1, 0.15) is 0 Å². The summed E-state index contributed by atoms with van der Waals surface area (Å²) >= 11 is 2.68. The fourth-order valence-corrected chi connectivity index (χ4v) is 4.17. The molecule has 0 aliphatic heterocycles. The molecule has 3 rings (SSSR count). The van der Waals surface area contributed by atoms with Crippen molar-refractivity contribution in [1.82, 2.24) is 14.5 Å². The minimum Gasteiger partial charge on any atom is -0.466 e. The van der Waals surface area contributed by atoms with Gasteiger partial charge in [-0.25, -0.2) is 9.97 Å². The Kier molecular flexibility index (Phi) is 6.46. The van der Waals surface area contributed by atoms with Crippen molar-refractivity contribution in [3.05, 3.63) is 35.3 Å². The standard InChI is InChI=1S/C18H20N4O3S2/c1-3-22-14-8-6-5-7-13(14)20-18(22)27-11-15(23)21-17-19-12(10-26-17)9-16(24)25-4-2/h5-8,10H,3-4,9,11H2,1-2H3,(H,19,21,23). The van der Waals surface area contributed by atoms with Crippen molar-refractivity contribution in [2.24, 2.45) is 0 Å². The number of thiazole rings is 1. The average Bonchev–Trinajstić information content (AvgIpc) is 3.23. The second-order valence-corrected chi connectivity index (χ2v) is 7.39. The number of aromatic nitrogens is 3. The number of thioether (sulfide) groups is 1. The quantitative estimate of drug-likeness (QED) is 0.458. The number of nitrogens with one attached hydrogen (secondary N) is 1. The topological polar surface area (TPSA) is 86.1 Å². The van der Waals surface area contributed by atoms with E-state index in [2.05, 4.69) is 26.8 Å². The van der Waals surface area contributed by atoms with Crippen molar-refractivity contribution in [3.8, 4) is 0 Å². The van der Waals surface area contributed by atoms with Gasteiger partial charge in [-0.15, -0.1) is 11.3 Å². The first-order valence-corrected chi connectivity index (χ1v) is 10.4. The second kappa shape index (κ2) is 9.01. The summed E-state index contributed by atoms with van der Waals surface area (Å²) in [6, 6.07) is 7.92. The zero-order valence-corrected chi connectivity index (χ0v) is 16.7. The molecule has 1 aromatic carbocycles. The molecule has 0 unspecified atom stereocenters. The average molecular weight is 405 g/mol. The summed E-state index contributed by atoms with van der Waals surface area (Å²) in [7, 11) is 0. The number of nitrogens with zero attached hydrogens (tertiary/aromatic N) is 3. The molecule has 1 N–H and O–H groups in total. The van der Waals surface area contributed by atoms with Gasteiger partial charge >= 0.3 is 5.97 Å². The van der Waals surface area contributed by atoms with Crippen molar-refractivity contribution < 1.29 is 14.3 Å². The van der Waals surface area contributed by atoms with E-state index in [4.69, 9.17) is 4.74 Å². The van der Waals surface area contributed by atoms with Gasteiger partial charge in [-0.1, -0.05) is 23.9 Å². The number of carbonyl (C=O) groups is 2. The number of para-hydroxylation sites is 2. The van der Waals surface area contributed by atoms with E-state index in [9.17, 15) is 9.59 Å². The highest BCUT2D eigenvalue weighted by molar-refractivity contribution is 7.99. The van der Waals surface area contributed by atoms with E-state index in [1.165, 1.54) is 23.1 Å². The first-order valence-electron chi connectivity index (χ1n) is 8.58. The van der Waals surface area contributed by atoms with E-state index in [1.807, 2.05) is 24.3 Å². The lowest BCUT2D eigenvalue weighted by Crippen LogP contribution is -2.14. The summed E-state index contributed by atoms with van der Waals surface area (Å²) in [5.74, 6) is -0.253. The maximum atomic E-state index is 12.2. The lowest BCUT2D eigenvalue weighted by atomic mass is 10.3. The number of ether oxygens (including phenoxy) is 1. The van der Waals surface area contributed by atoms with E-state index in [-0.39, 0.29) is 24.1 Å². The molecule has 142 valence electrons. The van der Waals surface area contributed by atoms with Crippen molar-refractivity contribution in [3.63, 3.8) is 0 Å². The van der Waals surface area contributed by atoms with Crippen molar-refractivity contribution in [2.75, 3.05) is 17.7 Å². The van der Waals surface area contributed by atoms with Gasteiger partial charge < -0.3 is 14.6 Å². The van der Waals surface area contributed by atoms with Crippen LogP contribution in [0.5, 0.6) is 0 Å². The van der Waals surface area contributed by atoms with Crippen LogP contribution in [-0.4, -0.2) is 38.8 Å². The van der Waals surface area contributed by atoms with Crippen LogP contribution in [-0.2, 0) is 27.3 Å². The van der Waals surface area contributed by atoms with Crippen molar-refractivity contribution in [2.45, 2.75) is 32.0 Å². The van der Waals surface area contributed by atoms with E-state index in [1.54, 1.807) is 12.3 Å². The molecular formula is C18H20N4O3S2.